The van der Waals surface area contributed by atoms with Gasteiger partial charge >= 0.3 is 0 Å². The molecule has 0 saturated carbocycles. The van der Waals surface area contributed by atoms with Gasteiger partial charge in [-0.05, 0) is 79.5 Å². The van der Waals surface area contributed by atoms with Crippen LogP contribution in [0.15, 0.2) is 78.9 Å². The average molecular weight is 470 g/mol. The largest absolute Gasteiger partial charge is 0.322 e. The van der Waals surface area contributed by atoms with Crippen LogP contribution in [0.5, 0.6) is 0 Å². The molecule has 1 N–H and O–H groups in total. The summed E-state index contributed by atoms with van der Waals surface area (Å²) in [7, 11) is 0. The number of nitrogens with zero attached hydrogens (tertiary/aromatic N) is 2. The number of benzene rings is 3. The Morgan fingerprint density at radius 3 is 2.47 bits per heavy atom. The molecular weight excluding hydrogens is 442 g/mol. The van der Waals surface area contributed by atoms with Crippen LogP contribution in [0.4, 0.5) is 5.69 Å². The first kappa shape index (κ1) is 22.6. The lowest BCUT2D eigenvalue weighted by Crippen LogP contribution is -2.29. The van der Waals surface area contributed by atoms with E-state index in [1.165, 1.54) is 37.9 Å². The molecule has 3 aromatic carbocycles. The van der Waals surface area contributed by atoms with Crippen molar-refractivity contribution < 1.29 is 4.79 Å². The number of carbonyl (C=O) groups excluding carboxylic acids is 1. The summed E-state index contributed by atoms with van der Waals surface area (Å²) in [5, 5.41) is 4.14. The van der Waals surface area contributed by atoms with Gasteiger partial charge in [0.2, 0.25) is 0 Å². The summed E-state index contributed by atoms with van der Waals surface area (Å²) in [6, 6.07) is 25.9. The van der Waals surface area contributed by atoms with E-state index in [1.807, 2.05) is 36.4 Å². The van der Waals surface area contributed by atoms with Gasteiger partial charge in [0, 0.05) is 34.6 Å². The highest BCUT2D eigenvalue weighted by atomic mass is 35.5. The van der Waals surface area contributed by atoms with E-state index in [1.54, 1.807) is 12.1 Å². The van der Waals surface area contributed by atoms with Crippen LogP contribution < -0.4 is 5.32 Å². The number of pyridine rings is 1. The monoisotopic (exact) mass is 469 g/mol. The Morgan fingerprint density at radius 2 is 1.68 bits per heavy atom. The summed E-state index contributed by atoms with van der Waals surface area (Å²) < 4.78 is 0. The van der Waals surface area contributed by atoms with Crippen LogP contribution in [0.25, 0.3) is 22.2 Å². The smallest absolute Gasteiger partial charge is 0.255 e. The molecule has 0 atom stereocenters. The van der Waals surface area contributed by atoms with E-state index in [2.05, 4.69) is 40.5 Å². The van der Waals surface area contributed by atoms with Crippen molar-refractivity contribution >= 4 is 34.1 Å². The molecule has 172 valence electrons. The van der Waals surface area contributed by atoms with Gasteiger partial charge < -0.3 is 5.32 Å². The van der Waals surface area contributed by atoms with Gasteiger partial charge in [0.1, 0.15) is 0 Å². The molecule has 0 aliphatic carbocycles. The second kappa shape index (κ2) is 10.4. The molecule has 1 fully saturated rings. The van der Waals surface area contributed by atoms with Gasteiger partial charge in [-0.15, -0.1) is 11.6 Å². The first-order valence-corrected chi connectivity index (χ1v) is 12.4. The second-order valence-corrected chi connectivity index (χ2v) is 9.19. The van der Waals surface area contributed by atoms with Crippen molar-refractivity contribution in [2.75, 3.05) is 18.4 Å². The number of rotatable bonds is 6. The number of nitrogens with one attached hydrogen (secondary N) is 1. The van der Waals surface area contributed by atoms with Crippen molar-refractivity contribution in [1.82, 2.24) is 9.88 Å². The lowest BCUT2D eigenvalue weighted by molar-refractivity contribution is 0.102. The zero-order valence-corrected chi connectivity index (χ0v) is 19.9. The number of hydrogen-bond donors (Lipinski definition) is 1. The Bertz CT molecular complexity index is 1300. The fourth-order valence-corrected chi connectivity index (χ4v) is 4.69. The average Bonchev–Trinajstić information content (AvgIpc) is 2.89. The molecule has 5 heteroatoms. The van der Waals surface area contributed by atoms with Crippen molar-refractivity contribution in [3.8, 4) is 11.3 Å². The maximum absolute atomic E-state index is 12.6. The minimum atomic E-state index is -0.147. The number of hydrogen-bond acceptors (Lipinski definition) is 3. The van der Waals surface area contributed by atoms with Gasteiger partial charge in [-0.1, -0.05) is 42.8 Å². The van der Waals surface area contributed by atoms with Crippen LogP contribution in [0.3, 0.4) is 0 Å². The Labute approximate surface area is 205 Å². The molecule has 0 spiro atoms. The molecule has 0 bridgehead atoms. The molecule has 0 unspecified atom stereocenters. The lowest BCUT2D eigenvalue weighted by atomic mass is 10.1. The molecule has 5 rings (SSSR count). The van der Waals surface area contributed by atoms with Gasteiger partial charge in [0.15, 0.2) is 0 Å². The van der Waals surface area contributed by atoms with Crippen LogP contribution >= 0.6 is 11.6 Å². The first-order chi connectivity index (χ1) is 16.7. The van der Waals surface area contributed by atoms with E-state index in [0.717, 1.165) is 40.0 Å². The number of anilines is 1. The second-order valence-electron chi connectivity index (χ2n) is 8.93. The van der Waals surface area contributed by atoms with Gasteiger partial charge in [0.25, 0.3) is 5.91 Å². The number of amides is 1. The highest BCUT2D eigenvalue weighted by Crippen LogP contribution is 2.25. The summed E-state index contributed by atoms with van der Waals surface area (Å²) in [6.07, 6.45) is 3.96. The highest BCUT2D eigenvalue weighted by molar-refractivity contribution is 6.17. The summed E-state index contributed by atoms with van der Waals surface area (Å²) in [5.41, 5.74) is 6.50. The van der Waals surface area contributed by atoms with E-state index in [0.29, 0.717) is 11.4 Å². The van der Waals surface area contributed by atoms with Crippen molar-refractivity contribution in [1.29, 1.82) is 0 Å². The van der Waals surface area contributed by atoms with E-state index in [9.17, 15) is 4.79 Å². The molecule has 2 heterocycles. The van der Waals surface area contributed by atoms with Crippen molar-refractivity contribution in [2.45, 2.75) is 31.7 Å². The summed E-state index contributed by atoms with van der Waals surface area (Å²) in [6.45, 7) is 3.40. The van der Waals surface area contributed by atoms with E-state index in [-0.39, 0.29) is 5.91 Å². The molecule has 0 radical (unpaired) electrons. The van der Waals surface area contributed by atoms with Crippen LogP contribution in [0.1, 0.15) is 40.7 Å². The molecule has 1 aliphatic rings. The van der Waals surface area contributed by atoms with Crippen LogP contribution in [-0.2, 0) is 12.4 Å². The number of halogens is 1. The topological polar surface area (TPSA) is 45.2 Å². The predicted octanol–water partition coefficient (Wildman–Crippen LogP) is 6.88. The third kappa shape index (κ3) is 5.30. The minimum Gasteiger partial charge on any atom is -0.322 e. The molecule has 4 aromatic rings. The number of aromatic nitrogens is 1. The maximum Gasteiger partial charge on any atom is 0.255 e. The lowest BCUT2D eigenvalue weighted by Gasteiger charge is -2.26. The van der Waals surface area contributed by atoms with Gasteiger partial charge in [0.05, 0.1) is 11.2 Å². The number of piperidine rings is 1. The van der Waals surface area contributed by atoms with Crippen LogP contribution in [-0.4, -0.2) is 28.9 Å². The normalized spacial score (nSPS) is 14.3. The standard InChI is InChI=1S/C29H28ClN3O/c30-19-21-7-10-23(11-8-21)29(34)31-26-6-4-5-24(18-26)28-14-12-25-17-22(9-13-27(25)32-28)20-33-15-2-1-3-16-33/h4-14,17-18H,1-3,15-16,19-20H2,(H,31,34). The SMILES string of the molecule is O=C(Nc1cccc(-c2ccc3cc(CN4CCCCC4)ccc3n2)c1)c1ccc(CCl)cc1. The third-order valence-electron chi connectivity index (χ3n) is 6.40. The minimum absolute atomic E-state index is 0.147. The number of likely N-dealkylation sites (tertiary alicyclic amines) is 1. The fourth-order valence-electron chi connectivity index (χ4n) is 4.51. The summed E-state index contributed by atoms with van der Waals surface area (Å²) in [5.74, 6) is 0.286. The van der Waals surface area contributed by atoms with Crippen LogP contribution in [0, 0.1) is 0 Å². The molecule has 1 amide bonds. The van der Waals surface area contributed by atoms with Crippen molar-refractivity contribution in [3.05, 3.63) is 95.6 Å². The maximum atomic E-state index is 12.6. The van der Waals surface area contributed by atoms with Crippen LogP contribution in [0.2, 0.25) is 0 Å². The van der Waals surface area contributed by atoms with E-state index >= 15 is 0 Å². The van der Waals surface area contributed by atoms with E-state index in [4.69, 9.17) is 16.6 Å². The predicted molar refractivity (Wildman–Crippen MR) is 140 cm³/mol. The van der Waals surface area contributed by atoms with Gasteiger partial charge in [-0.25, -0.2) is 4.98 Å². The summed E-state index contributed by atoms with van der Waals surface area (Å²) >= 11 is 5.84. The first-order valence-electron chi connectivity index (χ1n) is 11.9. The molecule has 1 aromatic heterocycles. The van der Waals surface area contributed by atoms with Crippen molar-refractivity contribution in [2.24, 2.45) is 0 Å². The fraction of sp³-hybridized carbons (Fsp3) is 0.241. The Kier molecular flexibility index (Phi) is 6.89. The quantitative estimate of drug-likeness (QED) is 0.313. The Morgan fingerprint density at radius 1 is 0.882 bits per heavy atom. The molecule has 34 heavy (non-hydrogen) atoms. The molecule has 4 nitrogen and oxygen atoms in total. The third-order valence-corrected chi connectivity index (χ3v) is 6.70. The zero-order valence-electron chi connectivity index (χ0n) is 19.1. The molecular formula is C29H28ClN3O. The van der Waals surface area contributed by atoms with Crippen molar-refractivity contribution in [3.63, 3.8) is 0 Å². The number of carbonyl (C=O) groups is 1. The molecule has 1 saturated heterocycles. The molecule has 1 aliphatic heterocycles. The van der Waals surface area contributed by atoms with E-state index < -0.39 is 0 Å². The van der Waals surface area contributed by atoms with Gasteiger partial charge in [-0.2, -0.15) is 0 Å². The number of fused-ring (bicyclic) bond motifs is 1. The number of alkyl halides is 1. The Balaban J connectivity index is 1.32. The summed E-state index contributed by atoms with van der Waals surface area (Å²) in [4.78, 5) is 20.1. The Hall–Kier alpha value is -3.21. The highest BCUT2D eigenvalue weighted by Gasteiger charge is 2.11. The van der Waals surface area contributed by atoms with Gasteiger partial charge in [-0.3, -0.25) is 9.69 Å². The zero-order chi connectivity index (χ0) is 23.3.